The highest BCUT2D eigenvalue weighted by atomic mass is 16.2. The van der Waals surface area contributed by atoms with Gasteiger partial charge >= 0.3 is 6.03 Å². The number of nitrogens with one attached hydrogen (secondary N) is 1. The summed E-state index contributed by atoms with van der Waals surface area (Å²) in [5.41, 5.74) is 1.82. The Bertz CT molecular complexity index is 632. The zero-order chi connectivity index (χ0) is 17.8. The summed E-state index contributed by atoms with van der Waals surface area (Å²) in [5, 5.41) is 3.05. The number of amides is 3. The number of rotatable bonds is 3. The van der Waals surface area contributed by atoms with E-state index < -0.39 is 0 Å². The van der Waals surface area contributed by atoms with Crippen LogP contribution in [0.4, 0.5) is 16.2 Å². The maximum absolute atomic E-state index is 12.7. The molecule has 1 N–H and O–H groups in total. The predicted molar refractivity (Wildman–Crippen MR) is 99.9 cm³/mol. The van der Waals surface area contributed by atoms with Crippen LogP contribution in [0.3, 0.4) is 0 Å². The Morgan fingerprint density at radius 1 is 1.12 bits per heavy atom. The third-order valence-corrected chi connectivity index (χ3v) is 5.16. The van der Waals surface area contributed by atoms with Crippen molar-refractivity contribution in [1.29, 1.82) is 0 Å². The highest BCUT2D eigenvalue weighted by molar-refractivity contribution is 5.93. The van der Waals surface area contributed by atoms with Crippen LogP contribution >= 0.6 is 0 Å². The molecule has 0 aromatic heterocycles. The minimum Gasteiger partial charge on any atom is -0.376 e. The molecule has 0 aliphatic carbocycles. The zero-order valence-electron chi connectivity index (χ0n) is 15.2. The van der Waals surface area contributed by atoms with Crippen LogP contribution in [0, 0.1) is 0 Å². The van der Waals surface area contributed by atoms with E-state index >= 15 is 0 Å². The van der Waals surface area contributed by atoms with Crippen LogP contribution in [-0.2, 0) is 4.79 Å². The first kappa shape index (κ1) is 17.6. The van der Waals surface area contributed by atoms with Crippen LogP contribution < -0.4 is 10.2 Å². The molecule has 3 amide bonds. The Balaban J connectivity index is 1.61. The molecule has 2 heterocycles. The van der Waals surface area contributed by atoms with Crippen molar-refractivity contribution in [1.82, 2.24) is 9.80 Å². The lowest BCUT2D eigenvalue weighted by Crippen LogP contribution is -2.39. The minimum absolute atomic E-state index is 0.0531. The monoisotopic (exact) mass is 344 g/mol. The van der Waals surface area contributed by atoms with Gasteiger partial charge in [-0.2, -0.15) is 0 Å². The van der Waals surface area contributed by atoms with Crippen LogP contribution in [0.15, 0.2) is 24.3 Å². The third-order valence-electron chi connectivity index (χ3n) is 5.16. The van der Waals surface area contributed by atoms with Gasteiger partial charge in [-0.05, 0) is 37.8 Å². The molecule has 136 valence electrons. The molecule has 2 saturated heterocycles. The van der Waals surface area contributed by atoms with Crippen LogP contribution in [0.2, 0.25) is 0 Å². The smallest absolute Gasteiger partial charge is 0.321 e. The van der Waals surface area contributed by atoms with Gasteiger partial charge in [0.1, 0.15) is 0 Å². The van der Waals surface area contributed by atoms with Gasteiger partial charge < -0.3 is 20.0 Å². The molecular weight excluding hydrogens is 316 g/mol. The first-order valence-electron chi connectivity index (χ1n) is 9.18. The van der Waals surface area contributed by atoms with Crippen molar-refractivity contribution in [3.8, 4) is 0 Å². The van der Waals surface area contributed by atoms with Crippen LogP contribution in [0.1, 0.15) is 32.1 Å². The SMILES string of the molecule is CN(C)c1ccccc1NC(=O)N1CCC[C@H](N2CCCC2=O)CC1. The molecule has 2 fully saturated rings. The predicted octanol–water partition coefficient (Wildman–Crippen LogP) is 2.76. The van der Waals surface area contributed by atoms with E-state index in [0.717, 1.165) is 50.1 Å². The number of carbonyl (C=O) groups excluding carboxylic acids is 2. The molecule has 6 heteroatoms. The van der Waals surface area contributed by atoms with Gasteiger partial charge in [-0.25, -0.2) is 4.79 Å². The summed E-state index contributed by atoms with van der Waals surface area (Å²) in [6, 6.07) is 8.06. The van der Waals surface area contributed by atoms with Gasteiger partial charge in [0, 0.05) is 46.2 Å². The molecule has 0 spiro atoms. The van der Waals surface area contributed by atoms with E-state index in [0.29, 0.717) is 19.0 Å². The lowest BCUT2D eigenvalue weighted by molar-refractivity contribution is -0.129. The number of hydrogen-bond acceptors (Lipinski definition) is 3. The fourth-order valence-corrected chi connectivity index (χ4v) is 3.81. The average molecular weight is 344 g/mol. The molecule has 1 aromatic carbocycles. The van der Waals surface area contributed by atoms with Gasteiger partial charge in [0.15, 0.2) is 0 Å². The van der Waals surface area contributed by atoms with Crippen molar-refractivity contribution < 1.29 is 9.59 Å². The van der Waals surface area contributed by atoms with Crippen LogP contribution in [-0.4, -0.2) is 61.5 Å². The van der Waals surface area contributed by atoms with Gasteiger partial charge in [-0.15, -0.1) is 0 Å². The number of urea groups is 1. The third kappa shape index (κ3) is 4.06. The molecule has 0 radical (unpaired) electrons. The van der Waals surface area contributed by atoms with E-state index in [-0.39, 0.29) is 11.9 Å². The topological polar surface area (TPSA) is 55.9 Å². The maximum atomic E-state index is 12.7. The van der Waals surface area contributed by atoms with Gasteiger partial charge in [0.05, 0.1) is 11.4 Å². The van der Waals surface area contributed by atoms with Crippen LogP contribution in [0.5, 0.6) is 0 Å². The first-order valence-corrected chi connectivity index (χ1v) is 9.18. The number of hydrogen-bond donors (Lipinski definition) is 1. The molecule has 1 atom stereocenters. The molecule has 2 aliphatic rings. The Morgan fingerprint density at radius 2 is 1.92 bits per heavy atom. The standard InChI is InChI=1S/C19H28N4O2/c1-21(2)17-9-4-3-8-16(17)20-19(25)22-12-5-7-15(11-14-22)23-13-6-10-18(23)24/h3-4,8-9,15H,5-7,10-14H2,1-2H3,(H,20,25)/t15-/m0/s1. The van der Waals surface area contributed by atoms with Gasteiger partial charge in [0.25, 0.3) is 0 Å². The Morgan fingerprint density at radius 3 is 2.64 bits per heavy atom. The van der Waals surface area contributed by atoms with Crippen molar-refractivity contribution in [2.24, 2.45) is 0 Å². The van der Waals surface area contributed by atoms with Crippen molar-refractivity contribution >= 4 is 23.3 Å². The Hall–Kier alpha value is -2.24. The summed E-state index contributed by atoms with van der Waals surface area (Å²) >= 11 is 0. The van der Waals surface area contributed by atoms with Crippen molar-refractivity contribution in [2.75, 3.05) is 43.9 Å². The normalized spacial score (nSPS) is 21.2. The largest absolute Gasteiger partial charge is 0.376 e. The number of benzene rings is 1. The average Bonchev–Trinajstić information content (AvgIpc) is 2.87. The highest BCUT2D eigenvalue weighted by Gasteiger charge is 2.30. The molecule has 0 unspecified atom stereocenters. The number of likely N-dealkylation sites (tertiary alicyclic amines) is 2. The van der Waals surface area contributed by atoms with Crippen molar-refractivity contribution in [3.63, 3.8) is 0 Å². The van der Waals surface area contributed by atoms with E-state index in [2.05, 4.69) is 5.32 Å². The summed E-state index contributed by atoms with van der Waals surface area (Å²) in [4.78, 5) is 30.6. The molecule has 3 rings (SSSR count). The molecule has 25 heavy (non-hydrogen) atoms. The molecule has 6 nitrogen and oxygen atoms in total. The molecular formula is C19H28N4O2. The van der Waals surface area contributed by atoms with E-state index in [1.54, 1.807) is 0 Å². The minimum atomic E-state index is -0.0531. The summed E-state index contributed by atoms with van der Waals surface area (Å²) in [6.07, 6.45) is 4.46. The number of carbonyl (C=O) groups is 2. The van der Waals surface area contributed by atoms with Gasteiger partial charge in [-0.1, -0.05) is 12.1 Å². The summed E-state index contributed by atoms with van der Waals surface area (Å²) in [6.45, 7) is 2.32. The molecule has 0 saturated carbocycles. The van der Waals surface area contributed by atoms with Crippen molar-refractivity contribution in [3.05, 3.63) is 24.3 Å². The second kappa shape index (κ2) is 7.76. The molecule has 1 aromatic rings. The number of nitrogens with zero attached hydrogens (tertiary/aromatic N) is 3. The second-order valence-corrected chi connectivity index (χ2v) is 7.10. The summed E-state index contributed by atoms with van der Waals surface area (Å²) in [5.74, 6) is 0.280. The van der Waals surface area contributed by atoms with Crippen LogP contribution in [0.25, 0.3) is 0 Å². The lowest BCUT2D eigenvalue weighted by Gasteiger charge is -2.27. The Kier molecular flexibility index (Phi) is 5.46. The lowest BCUT2D eigenvalue weighted by atomic mass is 10.1. The number of para-hydroxylation sites is 2. The number of anilines is 2. The zero-order valence-corrected chi connectivity index (χ0v) is 15.2. The van der Waals surface area contributed by atoms with E-state index in [1.165, 1.54) is 0 Å². The highest BCUT2D eigenvalue weighted by Crippen LogP contribution is 2.25. The fourth-order valence-electron chi connectivity index (χ4n) is 3.81. The second-order valence-electron chi connectivity index (χ2n) is 7.10. The molecule has 2 aliphatic heterocycles. The van der Waals surface area contributed by atoms with E-state index in [9.17, 15) is 9.59 Å². The summed E-state index contributed by atoms with van der Waals surface area (Å²) < 4.78 is 0. The van der Waals surface area contributed by atoms with E-state index in [4.69, 9.17) is 0 Å². The first-order chi connectivity index (χ1) is 12.1. The van der Waals surface area contributed by atoms with Crippen molar-refractivity contribution in [2.45, 2.75) is 38.1 Å². The van der Waals surface area contributed by atoms with E-state index in [1.807, 2.05) is 53.1 Å². The molecule has 0 bridgehead atoms. The summed E-state index contributed by atoms with van der Waals surface area (Å²) in [7, 11) is 3.93. The fraction of sp³-hybridized carbons (Fsp3) is 0.579. The quantitative estimate of drug-likeness (QED) is 0.917. The maximum Gasteiger partial charge on any atom is 0.321 e. The van der Waals surface area contributed by atoms with Gasteiger partial charge in [-0.3, -0.25) is 4.79 Å². The Labute approximate surface area is 149 Å². The van der Waals surface area contributed by atoms with Gasteiger partial charge in [0.2, 0.25) is 5.91 Å².